The van der Waals surface area contributed by atoms with E-state index >= 15 is 0 Å². The van der Waals surface area contributed by atoms with Crippen molar-refractivity contribution >= 4 is 89.8 Å². The Labute approximate surface area is 409 Å². The molecule has 4 heterocycles. The molecule has 0 atom stereocenters. The van der Waals surface area contributed by atoms with E-state index in [-0.39, 0.29) is 13.4 Å². The first-order chi connectivity index (χ1) is 33.8. The van der Waals surface area contributed by atoms with Gasteiger partial charge in [-0.2, -0.15) is 22.7 Å². The van der Waals surface area contributed by atoms with Gasteiger partial charge in [0.1, 0.15) is 0 Å². The summed E-state index contributed by atoms with van der Waals surface area (Å²) in [5, 5.41) is 4.40. The molecule has 0 unspecified atom stereocenters. The van der Waals surface area contributed by atoms with Crippen LogP contribution in [0.1, 0.15) is 44.5 Å². The summed E-state index contributed by atoms with van der Waals surface area (Å²) in [6.45, 7) is 0.324. The Balaban J connectivity index is 0.000000149. The monoisotopic (exact) mass is 900 g/mol. The van der Waals surface area contributed by atoms with Crippen molar-refractivity contribution in [3.8, 4) is 0 Å². The van der Waals surface area contributed by atoms with Gasteiger partial charge in [0.15, 0.2) is 0 Å². The summed E-state index contributed by atoms with van der Waals surface area (Å²) in [7, 11) is 0. The van der Waals surface area contributed by atoms with Crippen molar-refractivity contribution in [1.82, 2.24) is 0 Å². The van der Waals surface area contributed by atoms with Gasteiger partial charge >= 0.3 is 0 Å². The van der Waals surface area contributed by atoms with Crippen LogP contribution in [0.4, 0.5) is 0 Å². The Bertz CT molecular complexity index is 2930. The van der Waals surface area contributed by atoms with Gasteiger partial charge in [0.2, 0.25) is 0 Å². The van der Waals surface area contributed by atoms with E-state index < -0.39 is 0 Å². The van der Waals surface area contributed by atoms with E-state index in [0.717, 1.165) is 0 Å². The minimum Gasteiger partial charge on any atom is -0.158 e. The molecule has 12 rings (SSSR count). The van der Waals surface area contributed by atoms with Gasteiger partial charge in [-0.15, -0.1) is 0 Å². The number of rotatable bonds is 10. The Morgan fingerprint density at radius 3 is 0.559 bits per heavy atom. The fourth-order valence-corrected chi connectivity index (χ4v) is 11.9. The first kappa shape index (κ1) is 42.9. The van der Waals surface area contributed by atoms with Crippen molar-refractivity contribution in [2.45, 2.75) is 0 Å². The predicted molar refractivity (Wildman–Crippen MR) is 298 cm³/mol. The molecule has 0 radical (unpaired) electrons. The molecule has 0 spiro atoms. The summed E-state index contributed by atoms with van der Waals surface area (Å²) in [6, 6.07) is 96.2. The molecular weight excluding hydrogens is 854 g/mol. The lowest BCUT2D eigenvalue weighted by Gasteiger charge is -2.17. The van der Waals surface area contributed by atoms with Crippen LogP contribution in [-0.4, -0.2) is 13.4 Å². The number of allylic oxidation sites excluding steroid dienone is 4. The van der Waals surface area contributed by atoms with E-state index in [1.807, 2.05) is 22.7 Å². The third-order valence-corrected chi connectivity index (χ3v) is 14.9. The van der Waals surface area contributed by atoms with Gasteiger partial charge in [-0.05, 0) is 87.1 Å². The number of thiophene rings is 2. The summed E-state index contributed by atoms with van der Waals surface area (Å²) in [5.74, 6) is 0. The first-order valence-electron chi connectivity index (χ1n) is 23.3. The standard InChI is InChI=1S/2C32H23BS/c2*1-5-14-24(15-6-1)29-30(25-16-7-2-8-17-25)32(27-20-11-4-12-21-27)33(28-22-13-23-34-28)31(29)26-18-9-3-10-19-26/h2*1-23H. The first-order valence-corrected chi connectivity index (χ1v) is 25.1. The zero-order valence-electron chi connectivity index (χ0n) is 37.5. The van der Waals surface area contributed by atoms with Crippen molar-refractivity contribution in [3.63, 3.8) is 0 Å². The van der Waals surface area contributed by atoms with E-state index in [0.29, 0.717) is 0 Å². The maximum absolute atomic E-state index is 2.29. The molecule has 0 saturated heterocycles. The fraction of sp³-hybridized carbons (Fsp3) is 0. The molecule has 2 aliphatic heterocycles. The SMILES string of the molecule is c1ccc(C2=C(c3ccccc3)C(c3ccccc3)=C(c3ccccc3)B2c2cccs2)cc1.c1ccc(C2=C(c3ccccc3)C(c3ccccc3)=C(c3ccccc3)B2c2cccs2)cc1. The van der Waals surface area contributed by atoms with Crippen LogP contribution in [0.15, 0.2) is 278 Å². The largest absolute Gasteiger partial charge is 0.256 e. The molecule has 0 amide bonds. The number of benzene rings is 8. The minimum absolute atomic E-state index is 0.162. The number of hydrogen-bond donors (Lipinski definition) is 0. The molecule has 0 N–H and O–H groups in total. The Hall–Kier alpha value is -7.75. The molecule has 320 valence electrons. The molecule has 10 aromatic rings. The lowest BCUT2D eigenvalue weighted by molar-refractivity contribution is 1.58. The molecule has 0 aliphatic carbocycles. The Morgan fingerprint density at radius 2 is 0.382 bits per heavy atom. The van der Waals surface area contributed by atoms with Crippen LogP contribution in [0.2, 0.25) is 0 Å². The molecule has 0 fully saturated rings. The lowest BCUT2D eigenvalue weighted by atomic mass is 9.38. The van der Waals surface area contributed by atoms with Crippen molar-refractivity contribution in [1.29, 1.82) is 0 Å². The van der Waals surface area contributed by atoms with Crippen LogP contribution in [0.3, 0.4) is 0 Å². The average Bonchev–Trinajstić information content (AvgIpc) is 4.27. The highest BCUT2D eigenvalue weighted by Gasteiger charge is 2.42. The van der Waals surface area contributed by atoms with E-state index in [4.69, 9.17) is 0 Å². The molecule has 0 nitrogen and oxygen atoms in total. The average molecular weight is 901 g/mol. The summed E-state index contributed by atoms with van der Waals surface area (Å²) in [5.41, 5.74) is 21.0. The van der Waals surface area contributed by atoms with E-state index in [1.165, 1.54) is 98.2 Å². The van der Waals surface area contributed by atoms with Gasteiger partial charge in [0, 0.05) is 0 Å². The molecule has 2 aliphatic rings. The maximum atomic E-state index is 2.29. The van der Waals surface area contributed by atoms with Crippen LogP contribution in [-0.2, 0) is 0 Å². The highest BCUT2D eigenvalue weighted by atomic mass is 32.1. The van der Waals surface area contributed by atoms with Crippen LogP contribution < -0.4 is 9.55 Å². The van der Waals surface area contributed by atoms with E-state index in [9.17, 15) is 0 Å². The summed E-state index contributed by atoms with van der Waals surface area (Å²) in [4.78, 5) is 0. The third kappa shape index (κ3) is 8.46. The van der Waals surface area contributed by atoms with Crippen LogP contribution in [0.25, 0.3) is 44.2 Å². The predicted octanol–water partition coefficient (Wildman–Crippen LogP) is 15.5. The molecular formula is C64H46B2S2. The Morgan fingerprint density at radius 1 is 0.191 bits per heavy atom. The van der Waals surface area contributed by atoms with Crippen LogP contribution >= 0.6 is 22.7 Å². The normalized spacial score (nSPS) is 13.6. The number of hydrogen-bond acceptors (Lipinski definition) is 2. The molecule has 0 saturated carbocycles. The summed E-state index contributed by atoms with van der Waals surface area (Å²) >= 11 is 3.69. The maximum Gasteiger partial charge on any atom is 0.256 e. The van der Waals surface area contributed by atoms with Gasteiger partial charge < -0.3 is 0 Å². The second-order valence-corrected chi connectivity index (χ2v) is 18.9. The van der Waals surface area contributed by atoms with Gasteiger partial charge in [0.25, 0.3) is 13.4 Å². The minimum atomic E-state index is 0.162. The van der Waals surface area contributed by atoms with Crippen LogP contribution in [0.5, 0.6) is 0 Å². The molecule has 8 aromatic carbocycles. The molecule has 0 bridgehead atoms. The van der Waals surface area contributed by atoms with E-state index in [2.05, 4.69) is 278 Å². The molecule has 2 aromatic heterocycles. The second kappa shape index (κ2) is 20.0. The molecule has 4 heteroatoms. The summed E-state index contributed by atoms with van der Waals surface area (Å²) in [6.07, 6.45) is 0. The van der Waals surface area contributed by atoms with Gasteiger partial charge in [-0.25, -0.2) is 0 Å². The van der Waals surface area contributed by atoms with Crippen molar-refractivity contribution in [2.75, 3.05) is 0 Å². The fourth-order valence-electron chi connectivity index (χ4n) is 10.2. The van der Waals surface area contributed by atoms with Crippen molar-refractivity contribution in [3.05, 3.63) is 322 Å². The lowest BCUT2D eigenvalue weighted by Crippen LogP contribution is -2.29. The smallest absolute Gasteiger partial charge is 0.158 e. The second-order valence-electron chi connectivity index (χ2n) is 17.0. The third-order valence-electron chi connectivity index (χ3n) is 13.0. The Kier molecular flexibility index (Phi) is 12.6. The van der Waals surface area contributed by atoms with Crippen molar-refractivity contribution in [2.24, 2.45) is 0 Å². The van der Waals surface area contributed by atoms with Gasteiger partial charge in [0.05, 0.1) is 0 Å². The highest BCUT2D eigenvalue weighted by Crippen LogP contribution is 2.52. The zero-order chi connectivity index (χ0) is 45.5. The quantitative estimate of drug-likeness (QED) is 0.120. The highest BCUT2D eigenvalue weighted by molar-refractivity contribution is 7.30. The van der Waals surface area contributed by atoms with Gasteiger partial charge in [-0.1, -0.05) is 289 Å². The summed E-state index contributed by atoms with van der Waals surface area (Å²) < 4.78 is 2.74. The molecule has 68 heavy (non-hydrogen) atoms. The van der Waals surface area contributed by atoms with E-state index in [1.54, 1.807) is 0 Å². The topological polar surface area (TPSA) is 0 Å². The zero-order valence-corrected chi connectivity index (χ0v) is 39.2. The van der Waals surface area contributed by atoms with Gasteiger partial charge in [-0.3, -0.25) is 0 Å². The van der Waals surface area contributed by atoms with Crippen molar-refractivity contribution < 1.29 is 0 Å². The van der Waals surface area contributed by atoms with Crippen LogP contribution in [0, 0.1) is 0 Å².